The van der Waals surface area contributed by atoms with Crippen LogP contribution >= 0.6 is 0 Å². The highest BCUT2D eigenvalue weighted by Crippen LogP contribution is 2.24. The highest BCUT2D eigenvalue weighted by atomic mass is 16.5. The number of hydrogen-bond donors (Lipinski definition) is 2. The molecule has 4 heteroatoms. The number of para-hydroxylation sites is 3. The Bertz CT molecular complexity index is 804. The number of carbonyl (C=O) groups excluding carboxylic acids is 1. The van der Waals surface area contributed by atoms with Crippen LogP contribution in [0.25, 0.3) is 0 Å². The van der Waals surface area contributed by atoms with Crippen molar-refractivity contribution < 1.29 is 9.53 Å². The maximum Gasteiger partial charge on any atom is 0.243 e. The zero-order valence-corrected chi connectivity index (χ0v) is 13.8. The molecule has 0 spiro atoms. The molecule has 0 aromatic heterocycles. The van der Waals surface area contributed by atoms with Crippen LogP contribution < -0.4 is 15.4 Å². The van der Waals surface area contributed by atoms with Crippen molar-refractivity contribution in [3.05, 3.63) is 90.5 Å². The lowest BCUT2D eigenvalue weighted by atomic mass is 10.2. The first-order valence-corrected chi connectivity index (χ1v) is 8.16. The summed E-state index contributed by atoms with van der Waals surface area (Å²) in [6, 6.07) is 27.0. The van der Waals surface area contributed by atoms with Gasteiger partial charge >= 0.3 is 0 Å². The highest BCUT2D eigenvalue weighted by Gasteiger charge is 2.06. The quantitative estimate of drug-likeness (QED) is 0.677. The SMILES string of the molecule is O=C(CNc1ccccc1OCc1ccccc1)Nc1ccccc1. The van der Waals surface area contributed by atoms with Crippen molar-refractivity contribution >= 4 is 17.3 Å². The van der Waals surface area contributed by atoms with E-state index in [2.05, 4.69) is 10.6 Å². The summed E-state index contributed by atoms with van der Waals surface area (Å²) in [5.74, 6) is 0.614. The Balaban J connectivity index is 1.56. The molecule has 0 heterocycles. The fraction of sp³-hybridized carbons (Fsp3) is 0.0952. The van der Waals surface area contributed by atoms with Gasteiger partial charge in [-0.25, -0.2) is 0 Å². The molecule has 2 N–H and O–H groups in total. The number of anilines is 2. The second-order valence-electron chi connectivity index (χ2n) is 5.54. The molecule has 126 valence electrons. The standard InChI is InChI=1S/C21H20N2O2/c24-21(23-18-11-5-2-6-12-18)15-22-19-13-7-8-14-20(19)25-16-17-9-3-1-4-10-17/h1-14,22H,15-16H2,(H,23,24). The summed E-state index contributed by atoms with van der Waals surface area (Å²) < 4.78 is 5.88. The number of amides is 1. The summed E-state index contributed by atoms with van der Waals surface area (Å²) in [4.78, 5) is 12.1. The van der Waals surface area contributed by atoms with E-state index in [0.717, 1.165) is 22.7 Å². The lowest BCUT2D eigenvalue weighted by Gasteiger charge is -2.13. The van der Waals surface area contributed by atoms with Crippen LogP contribution in [0.15, 0.2) is 84.9 Å². The zero-order chi connectivity index (χ0) is 17.3. The van der Waals surface area contributed by atoms with E-state index >= 15 is 0 Å². The van der Waals surface area contributed by atoms with Crippen molar-refractivity contribution in [1.82, 2.24) is 0 Å². The molecule has 25 heavy (non-hydrogen) atoms. The van der Waals surface area contributed by atoms with Crippen molar-refractivity contribution in [3.63, 3.8) is 0 Å². The van der Waals surface area contributed by atoms with Gasteiger partial charge in [0.25, 0.3) is 0 Å². The normalized spacial score (nSPS) is 10.1. The molecule has 3 aromatic rings. The zero-order valence-electron chi connectivity index (χ0n) is 13.8. The molecule has 0 saturated heterocycles. The van der Waals surface area contributed by atoms with Gasteiger partial charge in [0.1, 0.15) is 12.4 Å². The summed E-state index contributed by atoms with van der Waals surface area (Å²) in [5, 5.41) is 5.98. The van der Waals surface area contributed by atoms with Gasteiger partial charge in [-0.2, -0.15) is 0 Å². The minimum atomic E-state index is -0.107. The monoisotopic (exact) mass is 332 g/mol. The van der Waals surface area contributed by atoms with Gasteiger partial charge in [-0.3, -0.25) is 4.79 Å². The van der Waals surface area contributed by atoms with Crippen molar-refractivity contribution in [3.8, 4) is 5.75 Å². The van der Waals surface area contributed by atoms with Crippen LogP contribution in [-0.2, 0) is 11.4 Å². The van der Waals surface area contributed by atoms with Crippen molar-refractivity contribution in [2.24, 2.45) is 0 Å². The van der Waals surface area contributed by atoms with Gasteiger partial charge in [-0.15, -0.1) is 0 Å². The first-order valence-electron chi connectivity index (χ1n) is 8.16. The number of ether oxygens (including phenoxy) is 1. The maximum atomic E-state index is 12.1. The Morgan fingerprint density at radius 1 is 0.800 bits per heavy atom. The number of benzene rings is 3. The molecule has 0 bridgehead atoms. The van der Waals surface area contributed by atoms with E-state index < -0.39 is 0 Å². The maximum absolute atomic E-state index is 12.1. The van der Waals surface area contributed by atoms with E-state index in [0.29, 0.717) is 6.61 Å². The average Bonchev–Trinajstić information content (AvgIpc) is 2.67. The van der Waals surface area contributed by atoms with Crippen molar-refractivity contribution in [1.29, 1.82) is 0 Å². The predicted octanol–water partition coefficient (Wildman–Crippen LogP) is 4.32. The molecular formula is C21H20N2O2. The molecule has 0 atom stereocenters. The topological polar surface area (TPSA) is 50.4 Å². The van der Waals surface area contributed by atoms with Crippen molar-refractivity contribution in [2.45, 2.75) is 6.61 Å². The predicted molar refractivity (Wildman–Crippen MR) is 101 cm³/mol. The average molecular weight is 332 g/mol. The largest absolute Gasteiger partial charge is 0.487 e. The second-order valence-corrected chi connectivity index (χ2v) is 5.54. The smallest absolute Gasteiger partial charge is 0.243 e. The third kappa shape index (κ3) is 5.11. The highest BCUT2D eigenvalue weighted by molar-refractivity contribution is 5.93. The number of rotatable bonds is 7. The lowest BCUT2D eigenvalue weighted by molar-refractivity contribution is -0.114. The Morgan fingerprint density at radius 2 is 1.44 bits per heavy atom. The van der Waals surface area contributed by atoms with Crippen LogP contribution in [0.3, 0.4) is 0 Å². The molecule has 3 aromatic carbocycles. The van der Waals surface area contributed by atoms with E-state index in [1.165, 1.54) is 0 Å². The molecule has 0 unspecified atom stereocenters. The first-order chi connectivity index (χ1) is 12.3. The van der Waals surface area contributed by atoms with E-state index in [1.54, 1.807) is 0 Å². The van der Waals surface area contributed by atoms with E-state index in [4.69, 9.17) is 4.74 Å². The van der Waals surface area contributed by atoms with Gasteiger partial charge in [0.05, 0.1) is 12.2 Å². The molecular weight excluding hydrogens is 312 g/mol. The molecule has 0 fully saturated rings. The van der Waals surface area contributed by atoms with E-state index in [9.17, 15) is 4.79 Å². The van der Waals surface area contributed by atoms with Gasteiger partial charge in [-0.1, -0.05) is 60.7 Å². The molecule has 4 nitrogen and oxygen atoms in total. The molecule has 0 aliphatic heterocycles. The van der Waals surface area contributed by atoms with Gasteiger partial charge in [-0.05, 0) is 29.8 Å². The third-order valence-electron chi connectivity index (χ3n) is 3.62. The minimum absolute atomic E-state index is 0.107. The van der Waals surface area contributed by atoms with Crippen LogP contribution in [0.1, 0.15) is 5.56 Å². The van der Waals surface area contributed by atoms with Crippen LogP contribution in [0.2, 0.25) is 0 Å². The Morgan fingerprint density at radius 3 is 2.20 bits per heavy atom. The summed E-state index contributed by atoms with van der Waals surface area (Å²) >= 11 is 0. The number of hydrogen-bond acceptors (Lipinski definition) is 3. The number of carbonyl (C=O) groups is 1. The second kappa shape index (κ2) is 8.55. The van der Waals surface area contributed by atoms with Gasteiger partial charge < -0.3 is 15.4 Å². The summed E-state index contributed by atoms with van der Waals surface area (Å²) in [6.45, 7) is 0.649. The fourth-order valence-corrected chi connectivity index (χ4v) is 2.38. The lowest BCUT2D eigenvalue weighted by Crippen LogP contribution is -2.21. The van der Waals surface area contributed by atoms with Gasteiger partial charge in [0, 0.05) is 5.69 Å². The number of nitrogens with one attached hydrogen (secondary N) is 2. The van der Waals surface area contributed by atoms with E-state index in [1.807, 2.05) is 84.9 Å². The fourth-order valence-electron chi connectivity index (χ4n) is 2.38. The van der Waals surface area contributed by atoms with Crippen LogP contribution in [0.5, 0.6) is 5.75 Å². The Hall–Kier alpha value is -3.27. The first kappa shape index (κ1) is 16.6. The summed E-state index contributed by atoms with van der Waals surface area (Å²) in [6.07, 6.45) is 0. The Labute approximate surface area is 147 Å². The van der Waals surface area contributed by atoms with Crippen LogP contribution in [0.4, 0.5) is 11.4 Å². The van der Waals surface area contributed by atoms with E-state index in [-0.39, 0.29) is 12.5 Å². The molecule has 1 amide bonds. The molecule has 0 radical (unpaired) electrons. The van der Waals surface area contributed by atoms with Crippen molar-refractivity contribution in [2.75, 3.05) is 17.2 Å². The summed E-state index contributed by atoms with van der Waals surface area (Å²) in [7, 11) is 0. The molecule has 3 rings (SSSR count). The van der Waals surface area contributed by atoms with Gasteiger partial charge in [0.15, 0.2) is 0 Å². The molecule has 0 saturated carbocycles. The summed E-state index contributed by atoms with van der Waals surface area (Å²) in [5.41, 5.74) is 2.67. The molecule has 0 aliphatic carbocycles. The Kier molecular flexibility index (Phi) is 5.67. The molecule has 0 aliphatic rings. The van der Waals surface area contributed by atoms with Crippen LogP contribution in [-0.4, -0.2) is 12.5 Å². The minimum Gasteiger partial charge on any atom is -0.487 e. The van der Waals surface area contributed by atoms with Crippen LogP contribution in [0, 0.1) is 0 Å². The third-order valence-corrected chi connectivity index (χ3v) is 3.62. The van der Waals surface area contributed by atoms with Gasteiger partial charge in [0.2, 0.25) is 5.91 Å².